The van der Waals surface area contributed by atoms with Crippen LogP contribution in [0.4, 0.5) is 0 Å². The molecule has 0 aromatic carbocycles. The first kappa shape index (κ1) is 11.7. The van der Waals surface area contributed by atoms with Gasteiger partial charge in [-0.15, -0.1) is 11.3 Å². The number of hydrogen-bond acceptors (Lipinski definition) is 3. The Bertz CT molecular complexity index is 414. The van der Waals surface area contributed by atoms with Gasteiger partial charge in [-0.25, -0.2) is 0 Å². The number of rotatable bonds is 1. The largest absolute Gasteiger partial charge is 0.369 e. The van der Waals surface area contributed by atoms with Gasteiger partial charge in [0.05, 0.1) is 6.61 Å². The third-order valence-corrected chi connectivity index (χ3v) is 5.54. The molecule has 3 heterocycles. The van der Waals surface area contributed by atoms with Gasteiger partial charge in [-0.1, -0.05) is 6.92 Å². The van der Waals surface area contributed by atoms with E-state index in [-0.39, 0.29) is 5.60 Å². The molecule has 2 aliphatic heterocycles. The smallest absolute Gasteiger partial charge is 0.105 e. The Kier molecular flexibility index (Phi) is 3.01. The summed E-state index contributed by atoms with van der Waals surface area (Å²) in [6, 6.07) is 2.98. The summed E-state index contributed by atoms with van der Waals surface area (Å²) in [6.07, 6.45) is 4.52. The third-order valence-electron chi connectivity index (χ3n) is 4.03. The van der Waals surface area contributed by atoms with Gasteiger partial charge in [0.15, 0.2) is 0 Å². The second-order valence-electron chi connectivity index (χ2n) is 5.32. The molecule has 1 saturated heterocycles. The highest BCUT2D eigenvalue weighted by Gasteiger charge is 2.42. The second-order valence-corrected chi connectivity index (χ2v) is 6.46. The van der Waals surface area contributed by atoms with Gasteiger partial charge in [0.25, 0.3) is 0 Å². The van der Waals surface area contributed by atoms with E-state index in [2.05, 4.69) is 25.2 Å². The van der Waals surface area contributed by atoms with Crippen LogP contribution in [0.3, 0.4) is 0 Å². The Morgan fingerprint density at radius 3 is 3.24 bits per heavy atom. The fraction of sp³-hybridized carbons (Fsp3) is 0.714. The highest BCUT2D eigenvalue weighted by Crippen LogP contribution is 2.45. The van der Waals surface area contributed by atoms with Gasteiger partial charge in [0.2, 0.25) is 0 Å². The van der Waals surface area contributed by atoms with Crippen molar-refractivity contribution in [3.63, 3.8) is 0 Å². The first-order valence-electron chi connectivity index (χ1n) is 6.73. The summed E-state index contributed by atoms with van der Waals surface area (Å²) in [6.45, 7) is 6.50. The van der Waals surface area contributed by atoms with Crippen molar-refractivity contribution in [2.45, 2.75) is 51.2 Å². The topological polar surface area (TPSA) is 21.3 Å². The maximum absolute atomic E-state index is 6.23. The predicted octanol–water partition coefficient (Wildman–Crippen LogP) is 2.85. The molecule has 1 fully saturated rings. The monoisotopic (exact) mass is 251 g/mol. The summed E-state index contributed by atoms with van der Waals surface area (Å²) in [5.74, 6) is 0. The lowest BCUT2D eigenvalue weighted by Crippen LogP contribution is -2.48. The van der Waals surface area contributed by atoms with Crippen LogP contribution < -0.4 is 5.32 Å². The summed E-state index contributed by atoms with van der Waals surface area (Å²) in [4.78, 5) is 3.06. The summed E-state index contributed by atoms with van der Waals surface area (Å²) < 4.78 is 6.23. The molecule has 1 N–H and O–H groups in total. The van der Waals surface area contributed by atoms with Crippen LogP contribution in [0, 0.1) is 0 Å². The van der Waals surface area contributed by atoms with Crippen molar-refractivity contribution >= 4 is 11.3 Å². The quantitative estimate of drug-likeness (QED) is 0.828. The number of aryl methyl sites for hydroxylation is 1. The average molecular weight is 251 g/mol. The Hall–Kier alpha value is -0.380. The summed E-state index contributed by atoms with van der Waals surface area (Å²) in [5, 5.41) is 3.53. The van der Waals surface area contributed by atoms with E-state index in [1.807, 2.05) is 11.3 Å². The maximum Gasteiger partial charge on any atom is 0.105 e. The van der Waals surface area contributed by atoms with Gasteiger partial charge >= 0.3 is 0 Å². The van der Waals surface area contributed by atoms with Gasteiger partial charge in [0.1, 0.15) is 5.60 Å². The van der Waals surface area contributed by atoms with Gasteiger partial charge in [-0.3, -0.25) is 0 Å². The molecule has 1 aromatic rings. The molecule has 0 aliphatic carbocycles. The highest BCUT2D eigenvalue weighted by molar-refractivity contribution is 7.12. The molecule has 2 unspecified atom stereocenters. The molecule has 3 heteroatoms. The van der Waals surface area contributed by atoms with Gasteiger partial charge in [-0.05, 0) is 50.8 Å². The van der Waals surface area contributed by atoms with Crippen LogP contribution >= 0.6 is 11.3 Å². The minimum absolute atomic E-state index is 0.0380. The first-order valence-corrected chi connectivity index (χ1v) is 7.54. The van der Waals surface area contributed by atoms with Crippen molar-refractivity contribution in [3.8, 4) is 0 Å². The van der Waals surface area contributed by atoms with E-state index in [9.17, 15) is 0 Å². The van der Waals surface area contributed by atoms with E-state index >= 15 is 0 Å². The summed E-state index contributed by atoms with van der Waals surface area (Å²) in [5.41, 5.74) is 1.60. The van der Waals surface area contributed by atoms with Crippen LogP contribution in [0.25, 0.3) is 0 Å². The maximum atomic E-state index is 6.23. The van der Waals surface area contributed by atoms with E-state index in [0.29, 0.717) is 6.04 Å². The average Bonchev–Trinajstić information content (AvgIpc) is 2.74. The van der Waals surface area contributed by atoms with Crippen molar-refractivity contribution in [1.82, 2.24) is 5.32 Å². The molecule has 0 bridgehead atoms. The van der Waals surface area contributed by atoms with Crippen molar-refractivity contribution in [2.75, 3.05) is 13.2 Å². The molecule has 1 aromatic heterocycles. The molecule has 2 aliphatic rings. The number of ether oxygens (including phenoxy) is 1. The molecule has 0 amide bonds. The van der Waals surface area contributed by atoms with Crippen molar-refractivity contribution in [1.29, 1.82) is 0 Å². The molecule has 17 heavy (non-hydrogen) atoms. The number of thiophene rings is 1. The molecular formula is C14H21NOS. The van der Waals surface area contributed by atoms with Crippen LogP contribution in [0.1, 0.15) is 42.0 Å². The van der Waals surface area contributed by atoms with Gasteiger partial charge in [-0.2, -0.15) is 0 Å². The van der Waals surface area contributed by atoms with Crippen LogP contribution in [-0.4, -0.2) is 19.2 Å². The lowest BCUT2D eigenvalue weighted by Gasteiger charge is -2.42. The fourth-order valence-corrected chi connectivity index (χ4v) is 4.51. The molecule has 3 rings (SSSR count). The lowest BCUT2D eigenvalue weighted by atomic mass is 9.83. The van der Waals surface area contributed by atoms with Crippen LogP contribution in [0.5, 0.6) is 0 Å². The van der Waals surface area contributed by atoms with E-state index in [1.165, 1.54) is 9.75 Å². The normalized spacial score (nSPS) is 32.7. The van der Waals surface area contributed by atoms with Crippen LogP contribution in [0.2, 0.25) is 0 Å². The Balaban J connectivity index is 1.99. The number of nitrogens with one attached hydrogen (secondary N) is 1. The molecule has 0 saturated carbocycles. The zero-order chi connectivity index (χ0) is 11.9. The minimum atomic E-state index is 0.0380. The van der Waals surface area contributed by atoms with Gasteiger partial charge in [0, 0.05) is 15.8 Å². The predicted molar refractivity (Wildman–Crippen MR) is 71.7 cm³/mol. The summed E-state index contributed by atoms with van der Waals surface area (Å²) >= 11 is 1.99. The Morgan fingerprint density at radius 1 is 1.59 bits per heavy atom. The Labute approximate surface area is 107 Å². The van der Waals surface area contributed by atoms with Crippen molar-refractivity contribution < 1.29 is 4.74 Å². The summed E-state index contributed by atoms with van der Waals surface area (Å²) in [7, 11) is 0. The van der Waals surface area contributed by atoms with Crippen molar-refractivity contribution in [2.24, 2.45) is 0 Å². The zero-order valence-corrected chi connectivity index (χ0v) is 11.5. The Morgan fingerprint density at radius 2 is 2.47 bits per heavy atom. The molecule has 2 atom stereocenters. The van der Waals surface area contributed by atoms with E-state index in [0.717, 1.165) is 38.8 Å². The van der Waals surface area contributed by atoms with E-state index < -0.39 is 0 Å². The molecule has 94 valence electrons. The number of piperidine rings is 1. The first-order chi connectivity index (χ1) is 8.23. The molecule has 0 radical (unpaired) electrons. The fourth-order valence-electron chi connectivity index (χ4n) is 3.18. The second kappa shape index (κ2) is 4.38. The van der Waals surface area contributed by atoms with E-state index in [1.54, 1.807) is 5.56 Å². The number of hydrogen-bond donors (Lipinski definition) is 1. The van der Waals surface area contributed by atoms with E-state index in [4.69, 9.17) is 4.74 Å². The van der Waals surface area contributed by atoms with Crippen LogP contribution in [-0.2, 0) is 23.2 Å². The molecule has 1 spiro atoms. The van der Waals surface area contributed by atoms with Gasteiger partial charge < -0.3 is 10.1 Å². The highest BCUT2D eigenvalue weighted by atomic mass is 32.1. The lowest BCUT2D eigenvalue weighted by molar-refractivity contribution is -0.0848. The SMILES string of the molecule is CCc1cc2c(s1)C1(CCNC(C)C1)OCC2. The van der Waals surface area contributed by atoms with Crippen molar-refractivity contribution in [3.05, 3.63) is 21.4 Å². The zero-order valence-electron chi connectivity index (χ0n) is 10.7. The standard InChI is InChI=1S/C14H21NOS/c1-3-12-8-11-4-7-16-14(13(11)17-12)5-6-15-10(2)9-14/h8,10,15H,3-7,9H2,1-2H3. The molecule has 2 nitrogen and oxygen atoms in total. The third kappa shape index (κ3) is 1.94. The number of fused-ring (bicyclic) bond motifs is 2. The molecular weight excluding hydrogens is 230 g/mol. The minimum Gasteiger partial charge on any atom is -0.369 e. The van der Waals surface area contributed by atoms with Crippen LogP contribution in [0.15, 0.2) is 6.07 Å².